The number of piperidine rings is 1. The molecule has 0 amide bonds. The Morgan fingerprint density at radius 1 is 1.00 bits per heavy atom. The molecule has 0 spiro atoms. The number of ether oxygens (including phenoxy) is 1. The van der Waals surface area contributed by atoms with Gasteiger partial charge in [0.1, 0.15) is 11.5 Å². The van der Waals surface area contributed by atoms with Gasteiger partial charge in [0, 0.05) is 25.2 Å². The van der Waals surface area contributed by atoms with Gasteiger partial charge >= 0.3 is 0 Å². The highest BCUT2D eigenvalue weighted by molar-refractivity contribution is 7.99. The van der Waals surface area contributed by atoms with Crippen molar-refractivity contribution in [2.24, 2.45) is 0 Å². The molecule has 1 saturated heterocycles. The maximum Gasteiger partial charge on any atom is 0.141 e. The van der Waals surface area contributed by atoms with Gasteiger partial charge in [-0.2, -0.15) is 0 Å². The van der Waals surface area contributed by atoms with E-state index in [4.69, 9.17) is 4.74 Å². The molecule has 1 fully saturated rings. The van der Waals surface area contributed by atoms with E-state index in [1.807, 2.05) is 30.0 Å². The fourth-order valence-corrected chi connectivity index (χ4v) is 4.58. The Bertz CT molecular complexity index is 683. The minimum absolute atomic E-state index is 0.121. The van der Waals surface area contributed by atoms with Crippen LogP contribution in [0.15, 0.2) is 53.4 Å². The lowest BCUT2D eigenvalue weighted by Crippen LogP contribution is -2.37. The van der Waals surface area contributed by atoms with E-state index < -0.39 is 0 Å². The summed E-state index contributed by atoms with van der Waals surface area (Å²) < 4.78 is 6.16. The highest BCUT2D eigenvalue weighted by atomic mass is 32.2. The molecule has 4 rings (SSSR count). The summed E-state index contributed by atoms with van der Waals surface area (Å²) in [7, 11) is 0. The van der Waals surface area contributed by atoms with Crippen LogP contribution in [-0.4, -0.2) is 35.7 Å². The van der Waals surface area contributed by atoms with Crippen molar-refractivity contribution in [1.82, 2.24) is 4.90 Å². The topological polar surface area (TPSA) is 32.7 Å². The lowest BCUT2D eigenvalue weighted by molar-refractivity contribution is 0.0828. The molecule has 0 bridgehead atoms. The van der Waals surface area contributed by atoms with Crippen LogP contribution >= 0.6 is 11.8 Å². The molecule has 4 heteroatoms. The van der Waals surface area contributed by atoms with Crippen molar-refractivity contribution in [3.05, 3.63) is 54.1 Å². The third-order valence-electron chi connectivity index (χ3n) is 4.59. The Balaban J connectivity index is 1.62. The summed E-state index contributed by atoms with van der Waals surface area (Å²) in [6.07, 6.45) is 1.64. The number of benzene rings is 2. The molecule has 0 saturated carbocycles. The number of aliphatic hydroxyl groups excluding tert-OH is 1. The van der Waals surface area contributed by atoms with Gasteiger partial charge in [-0.25, -0.2) is 0 Å². The maximum atomic E-state index is 9.71. The van der Waals surface area contributed by atoms with E-state index in [1.54, 1.807) is 0 Å². The molecule has 120 valence electrons. The van der Waals surface area contributed by atoms with Gasteiger partial charge in [0.2, 0.25) is 0 Å². The normalized spacial score (nSPS) is 21.9. The number of rotatable bonds is 2. The standard InChI is InChI=1S/C19H21NO2S/c21-14-9-11-20(12-10-14)13-19-15-5-1-2-6-16(15)22-17-7-3-4-8-18(17)23-19/h1-8,14,19,21H,9-13H2/t19-/m0/s1. The van der Waals surface area contributed by atoms with Crippen LogP contribution in [0, 0.1) is 0 Å². The predicted molar refractivity (Wildman–Crippen MR) is 93.2 cm³/mol. The molecule has 0 aliphatic carbocycles. The number of hydrogen-bond acceptors (Lipinski definition) is 4. The van der Waals surface area contributed by atoms with Crippen LogP contribution < -0.4 is 4.74 Å². The van der Waals surface area contributed by atoms with E-state index in [0.717, 1.165) is 44.0 Å². The summed E-state index contributed by atoms with van der Waals surface area (Å²) in [5.74, 6) is 1.91. The van der Waals surface area contributed by atoms with Crippen molar-refractivity contribution in [2.75, 3.05) is 19.6 Å². The molecule has 2 aliphatic rings. The number of fused-ring (bicyclic) bond motifs is 2. The van der Waals surface area contributed by atoms with Gasteiger partial charge in [-0.15, -0.1) is 11.8 Å². The Kier molecular flexibility index (Phi) is 4.29. The first-order chi connectivity index (χ1) is 11.3. The summed E-state index contributed by atoms with van der Waals surface area (Å²) in [6, 6.07) is 16.6. The fourth-order valence-electron chi connectivity index (χ4n) is 3.28. The van der Waals surface area contributed by atoms with Crippen LogP contribution in [-0.2, 0) is 0 Å². The number of hydrogen-bond donors (Lipinski definition) is 1. The summed E-state index contributed by atoms with van der Waals surface area (Å²) >= 11 is 1.89. The van der Waals surface area contributed by atoms with Gasteiger partial charge in [0.05, 0.1) is 16.2 Å². The van der Waals surface area contributed by atoms with Gasteiger partial charge < -0.3 is 14.7 Å². The molecule has 2 aliphatic heterocycles. The highest BCUT2D eigenvalue weighted by Crippen LogP contribution is 2.48. The van der Waals surface area contributed by atoms with Crippen LogP contribution in [0.5, 0.6) is 11.5 Å². The molecule has 2 aromatic rings. The molecular formula is C19H21NO2S. The van der Waals surface area contributed by atoms with E-state index in [-0.39, 0.29) is 6.10 Å². The van der Waals surface area contributed by atoms with Crippen molar-refractivity contribution in [3.8, 4) is 11.5 Å². The molecule has 1 atom stereocenters. The third kappa shape index (κ3) is 3.25. The number of nitrogens with zero attached hydrogens (tertiary/aromatic N) is 1. The summed E-state index contributed by atoms with van der Waals surface area (Å²) in [5.41, 5.74) is 1.26. The fraction of sp³-hybridized carbons (Fsp3) is 0.368. The monoisotopic (exact) mass is 327 g/mol. The number of thioether (sulfide) groups is 1. The number of likely N-dealkylation sites (tertiary alicyclic amines) is 1. The van der Waals surface area contributed by atoms with Crippen LogP contribution in [0.1, 0.15) is 23.7 Å². The zero-order valence-electron chi connectivity index (χ0n) is 13.0. The second-order valence-corrected chi connectivity index (χ2v) is 7.47. The summed E-state index contributed by atoms with van der Waals surface area (Å²) in [6.45, 7) is 2.94. The van der Waals surface area contributed by atoms with Crippen LogP contribution in [0.3, 0.4) is 0 Å². The first kappa shape index (κ1) is 15.1. The van der Waals surface area contributed by atoms with Gasteiger partial charge in [0.15, 0.2) is 0 Å². The van der Waals surface area contributed by atoms with Crippen molar-refractivity contribution in [1.29, 1.82) is 0 Å². The second-order valence-electron chi connectivity index (χ2n) is 6.22. The minimum atomic E-state index is -0.121. The van der Waals surface area contributed by atoms with E-state index >= 15 is 0 Å². The highest BCUT2D eigenvalue weighted by Gasteiger charge is 2.27. The Morgan fingerprint density at radius 2 is 1.70 bits per heavy atom. The first-order valence-corrected chi connectivity index (χ1v) is 9.10. The van der Waals surface area contributed by atoms with Gasteiger partial charge in [0.25, 0.3) is 0 Å². The smallest absolute Gasteiger partial charge is 0.141 e. The third-order valence-corrected chi connectivity index (χ3v) is 5.86. The molecule has 0 unspecified atom stereocenters. The van der Waals surface area contributed by atoms with Crippen LogP contribution in [0.25, 0.3) is 0 Å². The van der Waals surface area contributed by atoms with Crippen molar-refractivity contribution in [3.63, 3.8) is 0 Å². The SMILES string of the molecule is OC1CCN(C[C@@H]2Sc3ccccc3Oc3ccccc32)CC1. The quantitative estimate of drug-likeness (QED) is 0.901. The van der Waals surface area contributed by atoms with E-state index in [1.165, 1.54) is 10.5 Å². The Hall–Kier alpha value is -1.49. The largest absolute Gasteiger partial charge is 0.456 e. The van der Waals surface area contributed by atoms with Crippen LogP contribution in [0.4, 0.5) is 0 Å². The average Bonchev–Trinajstić information content (AvgIpc) is 2.73. The summed E-state index contributed by atoms with van der Waals surface area (Å²) in [5, 5.41) is 10.1. The van der Waals surface area contributed by atoms with Crippen molar-refractivity contribution >= 4 is 11.8 Å². The van der Waals surface area contributed by atoms with Gasteiger partial charge in [-0.3, -0.25) is 0 Å². The Morgan fingerprint density at radius 3 is 2.52 bits per heavy atom. The lowest BCUT2D eigenvalue weighted by atomic mass is 10.1. The number of para-hydroxylation sites is 2. The predicted octanol–water partition coefficient (Wildman–Crippen LogP) is 4.08. The number of aliphatic hydroxyl groups is 1. The minimum Gasteiger partial charge on any atom is -0.456 e. The zero-order chi connectivity index (χ0) is 15.6. The first-order valence-electron chi connectivity index (χ1n) is 8.22. The van der Waals surface area contributed by atoms with E-state index in [9.17, 15) is 5.11 Å². The molecular weight excluding hydrogens is 306 g/mol. The maximum absolute atomic E-state index is 9.71. The molecule has 0 aromatic heterocycles. The van der Waals surface area contributed by atoms with E-state index in [2.05, 4.69) is 35.2 Å². The second kappa shape index (κ2) is 6.56. The van der Waals surface area contributed by atoms with Crippen molar-refractivity contribution in [2.45, 2.75) is 29.1 Å². The molecule has 3 nitrogen and oxygen atoms in total. The Labute approximate surface area is 141 Å². The zero-order valence-corrected chi connectivity index (χ0v) is 13.8. The van der Waals surface area contributed by atoms with Crippen molar-refractivity contribution < 1.29 is 9.84 Å². The van der Waals surface area contributed by atoms with Crippen LogP contribution in [0.2, 0.25) is 0 Å². The molecule has 1 N–H and O–H groups in total. The van der Waals surface area contributed by atoms with Gasteiger partial charge in [-0.1, -0.05) is 30.3 Å². The lowest BCUT2D eigenvalue weighted by Gasteiger charge is -2.32. The molecule has 2 aromatic carbocycles. The van der Waals surface area contributed by atoms with Gasteiger partial charge in [-0.05, 0) is 31.0 Å². The molecule has 2 heterocycles. The van der Waals surface area contributed by atoms with E-state index in [0.29, 0.717) is 5.25 Å². The molecule has 23 heavy (non-hydrogen) atoms. The average molecular weight is 327 g/mol. The molecule has 0 radical (unpaired) electrons. The summed E-state index contributed by atoms with van der Waals surface area (Å²) in [4.78, 5) is 3.67.